The molecule has 0 aromatic rings. The Kier molecular flexibility index (Phi) is 3.01. The summed E-state index contributed by atoms with van der Waals surface area (Å²) in [4.78, 5) is 14.2. The molecule has 0 radical (unpaired) electrons. The standard InChI is InChI=1S/C19H31NO/c1-18-10-4-5-14(18)13-6-7-16-19(2,15(13)8-11-18)12-9-17(21)20(16)3/h13-16H,4-12H2,1-3H3/t13?,14?,15?,16-,18+,19-/m1/s1. The average Bonchev–Trinajstić information content (AvgIpc) is 2.85. The summed E-state index contributed by atoms with van der Waals surface area (Å²) in [6, 6.07) is 0.519. The molecule has 1 amide bonds. The molecule has 1 aliphatic heterocycles. The van der Waals surface area contributed by atoms with Crippen molar-refractivity contribution in [3.63, 3.8) is 0 Å². The lowest BCUT2D eigenvalue weighted by Crippen LogP contribution is -2.61. The van der Waals surface area contributed by atoms with Gasteiger partial charge in [-0.05, 0) is 73.5 Å². The largest absolute Gasteiger partial charge is 0.342 e. The number of hydrogen-bond acceptors (Lipinski definition) is 1. The third kappa shape index (κ3) is 1.80. The van der Waals surface area contributed by atoms with E-state index in [2.05, 4.69) is 25.8 Å². The smallest absolute Gasteiger partial charge is 0.222 e. The van der Waals surface area contributed by atoms with Gasteiger partial charge in [0.05, 0.1) is 0 Å². The summed E-state index contributed by atoms with van der Waals surface area (Å²) in [6.45, 7) is 5.10. The van der Waals surface area contributed by atoms with E-state index in [9.17, 15) is 4.79 Å². The molecule has 3 saturated carbocycles. The molecule has 1 heterocycles. The number of rotatable bonds is 0. The van der Waals surface area contributed by atoms with Crippen LogP contribution in [0.3, 0.4) is 0 Å². The Bertz CT molecular complexity index is 460. The van der Waals surface area contributed by atoms with Crippen molar-refractivity contribution < 1.29 is 4.79 Å². The first kappa shape index (κ1) is 14.1. The van der Waals surface area contributed by atoms with Gasteiger partial charge < -0.3 is 4.90 Å². The second-order valence-electron chi connectivity index (χ2n) is 9.07. The Morgan fingerprint density at radius 3 is 2.62 bits per heavy atom. The molecule has 0 spiro atoms. The van der Waals surface area contributed by atoms with Crippen molar-refractivity contribution in [3.8, 4) is 0 Å². The number of carbonyl (C=O) groups is 1. The fourth-order valence-electron chi connectivity index (χ4n) is 7.14. The quantitative estimate of drug-likeness (QED) is 0.653. The average molecular weight is 289 g/mol. The maximum absolute atomic E-state index is 12.1. The van der Waals surface area contributed by atoms with Gasteiger partial charge in [0.2, 0.25) is 5.91 Å². The number of hydrogen-bond donors (Lipinski definition) is 0. The van der Waals surface area contributed by atoms with Gasteiger partial charge >= 0.3 is 0 Å². The number of piperidine rings is 1. The van der Waals surface area contributed by atoms with Crippen molar-refractivity contribution >= 4 is 5.91 Å². The number of likely N-dealkylation sites (tertiary alicyclic amines) is 1. The maximum atomic E-state index is 12.1. The van der Waals surface area contributed by atoms with E-state index in [4.69, 9.17) is 0 Å². The lowest BCUT2D eigenvalue weighted by atomic mass is 9.47. The summed E-state index contributed by atoms with van der Waals surface area (Å²) in [5.74, 6) is 3.20. The highest BCUT2D eigenvalue weighted by Gasteiger charge is 2.58. The van der Waals surface area contributed by atoms with Crippen LogP contribution in [0, 0.1) is 28.6 Å². The molecule has 3 aliphatic carbocycles. The molecule has 118 valence electrons. The minimum Gasteiger partial charge on any atom is -0.342 e. The second-order valence-corrected chi connectivity index (χ2v) is 9.07. The zero-order valence-electron chi connectivity index (χ0n) is 14.0. The van der Waals surface area contributed by atoms with E-state index in [-0.39, 0.29) is 0 Å². The van der Waals surface area contributed by atoms with Gasteiger partial charge in [-0.25, -0.2) is 0 Å². The summed E-state index contributed by atoms with van der Waals surface area (Å²) in [7, 11) is 2.06. The highest BCUT2D eigenvalue weighted by atomic mass is 16.2. The Hall–Kier alpha value is -0.530. The summed E-state index contributed by atoms with van der Waals surface area (Å²) < 4.78 is 0. The fourth-order valence-corrected chi connectivity index (χ4v) is 7.14. The summed E-state index contributed by atoms with van der Waals surface area (Å²) >= 11 is 0. The van der Waals surface area contributed by atoms with E-state index < -0.39 is 0 Å². The molecule has 21 heavy (non-hydrogen) atoms. The minimum absolute atomic E-state index is 0.387. The molecule has 4 rings (SSSR count). The number of carbonyl (C=O) groups excluding carboxylic acids is 1. The Morgan fingerprint density at radius 2 is 1.81 bits per heavy atom. The van der Waals surface area contributed by atoms with Crippen LogP contribution in [0.15, 0.2) is 0 Å². The van der Waals surface area contributed by atoms with Gasteiger partial charge in [0.1, 0.15) is 0 Å². The van der Waals surface area contributed by atoms with E-state index in [1.54, 1.807) is 0 Å². The van der Waals surface area contributed by atoms with Gasteiger partial charge in [0, 0.05) is 19.5 Å². The molecular formula is C19H31NO. The number of fused-ring (bicyclic) bond motifs is 5. The van der Waals surface area contributed by atoms with Crippen molar-refractivity contribution in [2.45, 2.75) is 77.7 Å². The summed E-state index contributed by atoms with van der Waals surface area (Å²) in [6.07, 6.45) is 11.8. The molecule has 0 bridgehead atoms. The molecule has 0 N–H and O–H groups in total. The van der Waals surface area contributed by atoms with Crippen LogP contribution in [0.1, 0.15) is 71.6 Å². The molecule has 4 aliphatic rings. The second kappa shape index (κ2) is 4.49. The topological polar surface area (TPSA) is 20.3 Å². The molecule has 0 aromatic heterocycles. The third-order valence-electron chi connectivity index (χ3n) is 8.34. The minimum atomic E-state index is 0.387. The van der Waals surface area contributed by atoms with Crippen molar-refractivity contribution in [1.29, 1.82) is 0 Å². The highest BCUT2D eigenvalue weighted by molar-refractivity contribution is 5.77. The van der Waals surface area contributed by atoms with Gasteiger partial charge in [-0.15, -0.1) is 0 Å². The Morgan fingerprint density at radius 1 is 1.00 bits per heavy atom. The van der Waals surface area contributed by atoms with Crippen LogP contribution in [0.25, 0.3) is 0 Å². The van der Waals surface area contributed by atoms with Crippen LogP contribution in [0.5, 0.6) is 0 Å². The molecule has 2 nitrogen and oxygen atoms in total. The zero-order valence-corrected chi connectivity index (χ0v) is 14.0. The van der Waals surface area contributed by atoms with Crippen molar-refractivity contribution in [2.24, 2.45) is 28.6 Å². The highest BCUT2D eigenvalue weighted by Crippen LogP contribution is 2.64. The molecule has 1 saturated heterocycles. The summed E-state index contributed by atoms with van der Waals surface area (Å²) in [5, 5.41) is 0. The first-order chi connectivity index (χ1) is 9.96. The van der Waals surface area contributed by atoms with Gasteiger partial charge in [-0.3, -0.25) is 4.79 Å². The van der Waals surface area contributed by atoms with Gasteiger partial charge in [-0.2, -0.15) is 0 Å². The Labute approximate surface area is 129 Å². The normalized spacial score (nSPS) is 53.1. The molecule has 3 unspecified atom stereocenters. The first-order valence-corrected chi connectivity index (χ1v) is 9.21. The van der Waals surface area contributed by atoms with E-state index in [0.717, 1.165) is 30.6 Å². The van der Waals surface area contributed by atoms with Crippen molar-refractivity contribution in [2.75, 3.05) is 7.05 Å². The predicted molar refractivity (Wildman–Crippen MR) is 84.8 cm³/mol. The van der Waals surface area contributed by atoms with Gasteiger partial charge in [0.15, 0.2) is 0 Å². The van der Waals surface area contributed by atoms with Gasteiger partial charge in [-0.1, -0.05) is 20.3 Å². The molecule has 4 fully saturated rings. The molecular weight excluding hydrogens is 258 g/mol. The van der Waals surface area contributed by atoms with E-state index in [1.807, 2.05) is 0 Å². The van der Waals surface area contributed by atoms with Crippen molar-refractivity contribution in [1.82, 2.24) is 4.90 Å². The number of nitrogens with zero attached hydrogens (tertiary/aromatic N) is 1. The van der Waals surface area contributed by atoms with E-state index in [0.29, 0.717) is 22.8 Å². The lowest BCUT2D eigenvalue weighted by molar-refractivity contribution is -0.156. The van der Waals surface area contributed by atoms with E-state index >= 15 is 0 Å². The van der Waals surface area contributed by atoms with E-state index in [1.165, 1.54) is 44.9 Å². The van der Waals surface area contributed by atoms with Crippen LogP contribution < -0.4 is 0 Å². The Balaban J connectivity index is 1.66. The van der Waals surface area contributed by atoms with Crippen LogP contribution in [-0.2, 0) is 4.79 Å². The van der Waals surface area contributed by atoms with Crippen LogP contribution in [0.4, 0.5) is 0 Å². The summed E-state index contributed by atoms with van der Waals surface area (Å²) in [5.41, 5.74) is 1.05. The van der Waals surface area contributed by atoms with Crippen molar-refractivity contribution in [3.05, 3.63) is 0 Å². The molecule has 6 atom stereocenters. The maximum Gasteiger partial charge on any atom is 0.222 e. The monoisotopic (exact) mass is 289 g/mol. The van der Waals surface area contributed by atoms with Crippen LogP contribution >= 0.6 is 0 Å². The SMILES string of the molecule is CN1C(=O)CC[C@]2(C)C3CC[C@]4(C)CCCC4C3CC[C@@H]12. The predicted octanol–water partition coefficient (Wildman–Crippen LogP) is 4.24. The van der Waals surface area contributed by atoms with Gasteiger partial charge in [0.25, 0.3) is 0 Å². The lowest BCUT2D eigenvalue weighted by Gasteiger charge is -2.61. The zero-order chi connectivity index (χ0) is 14.8. The van der Waals surface area contributed by atoms with Crippen LogP contribution in [0.2, 0.25) is 0 Å². The number of amides is 1. The first-order valence-electron chi connectivity index (χ1n) is 9.21. The molecule has 0 aromatic carbocycles. The molecule has 2 heteroatoms. The third-order valence-corrected chi connectivity index (χ3v) is 8.34. The van der Waals surface area contributed by atoms with Crippen LogP contribution in [-0.4, -0.2) is 23.9 Å². The fraction of sp³-hybridized carbons (Fsp3) is 0.947.